The maximum atomic E-state index is 12.9. The van der Waals surface area contributed by atoms with Crippen molar-refractivity contribution < 1.29 is 23.1 Å². The number of halogens is 4. The Labute approximate surface area is 144 Å². The summed E-state index contributed by atoms with van der Waals surface area (Å²) >= 11 is 0. The number of nitrogens with zero attached hydrogens (tertiary/aromatic N) is 1. The van der Waals surface area contributed by atoms with Crippen LogP contribution in [-0.2, 0) is 17.5 Å². The highest BCUT2D eigenvalue weighted by Crippen LogP contribution is 2.33. The normalized spacial score (nSPS) is 17.0. The van der Waals surface area contributed by atoms with Crippen molar-refractivity contribution in [2.45, 2.75) is 25.7 Å². The zero-order valence-corrected chi connectivity index (χ0v) is 14.0. The lowest BCUT2D eigenvalue weighted by Gasteiger charge is -2.28. The highest BCUT2D eigenvalue weighted by molar-refractivity contribution is 5.85. The molecule has 24 heavy (non-hydrogen) atoms. The first kappa shape index (κ1) is 20.5. The van der Waals surface area contributed by atoms with Crippen molar-refractivity contribution in [3.8, 4) is 0 Å². The average Bonchev–Trinajstić information content (AvgIpc) is 2.48. The summed E-state index contributed by atoms with van der Waals surface area (Å²) in [5.41, 5.74) is 0.0860. The van der Waals surface area contributed by atoms with Gasteiger partial charge in [0.15, 0.2) is 0 Å². The number of nitrogens with one attached hydrogen (secondary N) is 2. The van der Waals surface area contributed by atoms with Crippen LogP contribution in [0, 0.1) is 0 Å². The topological polar surface area (TPSA) is 64.6 Å². The Morgan fingerprint density at radius 1 is 1.38 bits per heavy atom. The number of aliphatic carboxylic acids is 1. The highest BCUT2D eigenvalue weighted by Gasteiger charge is 2.31. The van der Waals surface area contributed by atoms with Gasteiger partial charge in [-0.05, 0) is 24.6 Å². The number of carboxylic acids is 1. The second kappa shape index (κ2) is 8.55. The Bertz CT molecular complexity index is 563. The van der Waals surface area contributed by atoms with Crippen LogP contribution in [0.4, 0.5) is 18.9 Å². The minimum Gasteiger partial charge on any atom is -0.480 e. The molecule has 2 rings (SSSR count). The van der Waals surface area contributed by atoms with Gasteiger partial charge in [-0.3, -0.25) is 9.69 Å². The Morgan fingerprint density at radius 3 is 2.54 bits per heavy atom. The number of piperazine rings is 1. The van der Waals surface area contributed by atoms with Crippen molar-refractivity contribution in [3.05, 3.63) is 29.3 Å². The Hall–Kier alpha value is -1.51. The lowest BCUT2D eigenvalue weighted by Crippen LogP contribution is -2.43. The van der Waals surface area contributed by atoms with Crippen LogP contribution in [0.3, 0.4) is 0 Å². The van der Waals surface area contributed by atoms with Gasteiger partial charge in [-0.25, -0.2) is 0 Å². The molecule has 1 aliphatic heterocycles. The van der Waals surface area contributed by atoms with Crippen LogP contribution >= 0.6 is 12.4 Å². The van der Waals surface area contributed by atoms with Gasteiger partial charge in [0.1, 0.15) is 6.04 Å². The molecule has 9 heteroatoms. The van der Waals surface area contributed by atoms with Gasteiger partial charge in [0.2, 0.25) is 0 Å². The molecule has 1 heterocycles. The van der Waals surface area contributed by atoms with E-state index in [1.54, 1.807) is 0 Å². The van der Waals surface area contributed by atoms with E-state index >= 15 is 0 Å². The molecular weight excluding hydrogens is 347 g/mol. The molecule has 1 fully saturated rings. The molecule has 0 unspecified atom stereocenters. The molecule has 3 N–H and O–H groups in total. The monoisotopic (exact) mass is 367 g/mol. The summed E-state index contributed by atoms with van der Waals surface area (Å²) in [6.45, 7) is 5.14. The predicted octanol–water partition coefficient (Wildman–Crippen LogP) is 2.42. The molecule has 0 aromatic heterocycles. The standard InChI is InChI=1S/C15H20F3N3O2.ClH/c1-10(14(22)23)20-13-8-12(15(16,17)18)3-2-11(13)9-21-6-4-19-5-7-21;/h2-3,8,10,19-20H,4-7,9H2,1H3,(H,22,23);1H/t10-;/m0./s1. The van der Waals surface area contributed by atoms with Crippen LogP contribution in [0.5, 0.6) is 0 Å². The maximum Gasteiger partial charge on any atom is 0.416 e. The van der Waals surface area contributed by atoms with Crippen molar-refractivity contribution in [1.29, 1.82) is 0 Å². The number of hydrogen-bond donors (Lipinski definition) is 3. The summed E-state index contributed by atoms with van der Waals surface area (Å²) in [5.74, 6) is -1.12. The SMILES string of the molecule is C[C@H](Nc1cc(C(F)(F)F)ccc1CN1CCNCC1)C(=O)O.Cl. The van der Waals surface area contributed by atoms with Crippen molar-refractivity contribution in [1.82, 2.24) is 10.2 Å². The van der Waals surface area contributed by atoms with Gasteiger partial charge in [0.05, 0.1) is 5.56 Å². The molecule has 0 radical (unpaired) electrons. The van der Waals surface area contributed by atoms with E-state index in [9.17, 15) is 18.0 Å². The number of hydrogen-bond acceptors (Lipinski definition) is 4. The molecule has 0 bridgehead atoms. The molecule has 1 aliphatic rings. The number of alkyl halides is 3. The minimum atomic E-state index is -4.46. The molecular formula is C15H21ClF3N3O2. The number of rotatable bonds is 5. The summed E-state index contributed by atoms with van der Waals surface area (Å²) in [6, 6.07) is 2.47. The molecule has 0 spiro atoms. The highest BCUT2D eigenvalue weighted by atomic mass is 35.5. The molecule has 0 aliphatic carbocycles. The smallest absolute Gasteiger partial charge is 0.416 e. The Morgan fingerprint density at radius 2 is 2.00 bits per heavy atom. The van der Waals surface area contributed by atoms with Crippen LogP contribution in [0.1, 0.15) is 18.1 Å². The van der Waals surface area contributed by atoms with Crippen molar-refractivity contribution in [2.75, 3.05) is 31.5 Å². The molecule has 0 saturated carbocycles. The van der Waals surface area contributed by atoms with Crippen molar-refractivity contribution in [3.63, 3.8) is 0 Å². The number of carboxylic acid groups (broad SMARTS) is 1. The molecule has 0 amide bonds. The van der Waals surface area contributed by atoms with Crippen LogP contribution < -0.4 is 10.6 Å². The lowest BCUT2D eigenvalue weighted by molar-refractivity contribution is -0.138. The molecule has 1 atom stereocenters. The molecule has 1 aromatic rings. The van der Waals surface area contributed by atoms with Crippen LogP contribution in [-0.4, -0.2) is 48.2 Å². The number of carbonyl (C=O) groups is 1. The largest absolute Gasteiger partial charge is 0.480 e. The van der Waals surface area contributed by atoms with E-state index in [4.69, 9.17) is 5.11 Å². The van der Waals surface area contributed by atoms with E-state index < -0.39 is 23.8 Å². The van der Waals surface area contributed by atoms with E-state index in [0.29, 0.717) is 12.1 Å². The molecule has 136 valence electrons. The van der Waals surface area contributed by atoms with Gasteiger partial charge in [-0.2, -0.15) is 13.2 Å². The Kier molecular flexibility index (Phi) is 7.31. The van der Waals surface area contributed by atoms with E-state index in [1.807, 2.05) is 0 Å². The van der Waals surface area contributed by atoms with E-state index in [0.717, 1.165) is 38.3 Å². The molecule has 1 saturated heterocycles. The fraction of sp³-hybridized carbons (Fsp3) is 0.533. The predicted molar refractivity (Wildman–Crippen MR) is 87.6 cm³/mol. The molecule has 1 aromatic carbocycles. The third kappa shape index (κ3) is 5.54. The first-order valence-electron chi connectivity index (χ1n) is 7.40. The second-order valence-corrected chi connectivity index (χ2v) is 5.60. The minimum absolute atomic E-state index is 0. The van der Waals surface area contributed by atoms with Gasteiger partial charge in [0.25, 0.3) is 0 Å². The van der Waals surface area contributed by atoms with Gasteiger partial charge in [-0.1, -0.05) is 6.07 Å². The first-order chi connectivity index (χ1) is 10.8. The van der Waals surface area contributed by atoms with Gasteiger partial charge in [-0.15, -0.1) is 12.4 Å². The summed E-state index contributed by atoms with van der Waals surface area (Å²) in [4.78, 5) is 13.1. The Balaban J connectivity index is 0.00000288. The van der Waals surface area contributed by atoms with Gasteiger partial charge < -0.3 is 15.7 Å². The van der Waals surface area contributed by atoms with Crippen LogP contribution in [0.25, 0.3) is 0 Å². The van der Waals surface area contributed by atoms with E-state index in [-0.39, 0.29) is 18.1 Å². The fourth-order valence-corrected chi connectivity index (χ4v) is 2.43. The van der Waals surface area contributed by atoms with Crippen molar-refractivity contribution in [2.24, 2.45) is 0 Å². The van der Waals surface area contributed by atoms with Gasteiger partial charge >= 0.3 is 12.1 Å². The summed E-state index contributed by atoms with van der Waals surface area (Å²) in [6.07, 6.45) is -4.46. The zero-order chi connectivity index (χ0) is 17.0. The van der Waals surface area contributed by atoms with Gasteiger partial charge in [0, 0.05) is 38.4 Å². The maximum absolute atomic E-state index is 12.9. The van der Waals surface area contributed by atoms with Crippen molar-refractivity contribution >= 4 is 24.1 Å². The summed E-state index contributed by atoms with van der Waals surface area (Å²) in [5, 5.41) is 14.9. The number of benzene rings is 1. The quantitative estimate of drug-likeness (QED) is 0.746. The van der Waals surface area contributed by atoms with Crippen LogP contribution in [0.15, 0.2) is 18.2 Å². The summed E-state index contributed by atoms with van der Waals surface area (Å²) < 4.78 is 38.7. The van der Waals surface area contributed by atoms with E-state index in [1.165, 1.54) is 13.0 Å². The fourth-order valence-electron chi connectivity index (χ4n) is 2.43. The summed E-state index contributed by atoms with van der Waals surface area (Å²) in [7, 11) is 0. The van der Waals surface area contributed by atoms with E-state index in [2.05, 4.69) is 15.5 Å². The first-order valence-corrected chi connectivity index (χ1v) is 7.40. The third-order valence-electron chi connectivity index (χ3n) is 3.78. The third-order valence-corrected chi connectivity index (χ3v) is 3.78. The van der Waals surface area contributed by atoms with Crippen LogP contribution in [0.2, 0.25) is 0 Å². The molecule has 5 nitrogen and oxygen atoms in total. The second-order valence-electron chi connectivity index (χ2n) is 5.60. The lowest BCUT2D eigenvalue weighted by atomic mass is 10.1. The number of anilines is 1. The average molecular weight is 368 g/mol. The zero-order valence-electron chi connectivity index (χ0n) is 13.2.